The fraction of sp³-hybridized carbons (Fsp3) is 0.0526. The molecule has 3 rings (SSSR count). The molecule has 0 atom stereocenters. The van der Waals surface area contributed by atoms with Crippen molar-refractivity contribution in [2.75, 3.05) is 5.73 Å². The summed E-state index contributed by atoms with van der Waals surface area (Å²) in [6.07, 6.45) is -4.66. The molecular weight excluding hydrogens is 443 g/mol. The zero-order valence-electron chi connectivity index (χ0n) is 15.1. The Morgan fingerprint density at radius 2 is 1.55 bits per heavy atom. The lowest BCUT2D eigenvalue weighted by Crippen LogP contribution is -2.24. The molecule has 0 bridgehead atoms. The van der Waals surface area contributed by atoms with Gasteiger partial charge in [-0.05, 0) is 17.7 Å². The fourth-order valence-corrected chi connectivity index (χ4v) is 3.16. The SMILES string of the molecule is Nc1[nH]c(=O)c(C(=O)O)c(-c2ccc(-c3cc(C(F)(F)F)cc(Cl)n3)cc2)c1C(=O)O. The predicted molar refractivity (Wildman–Crippen MR) is 104 cm³/mol. The Kier molecular flexibility index (Phi) is 5.47. The average molecular weight is 454 g/mol. The van der Waals surface area contributed by atoms with Gasteiger partial charge < -0.3 is 20.9 Å². The third kappa shape index (κ3) is 4.21. The Labute approximate surface area is 175 Å². The van der Waals surface area contributed by atoms with E-state index in [0.717, 1.165) is 6.07 Å². The molecule has 31 heavy (non-hydrogen) atoms. The second kappa shape index (κ2) is 7.76. The summed E-state index contributed by atoms with van der Waals surface area (Å²) in [6.45, 7) is 0. The van der Waals surface area contributed by atoms with Gasteiger partial charge in [0, 0.05) is 11.1 Å². The Morgan fingerprint density at radius 1 is 1.00 bits per heavy atom. The lowest BCUT2D eigenvalue weighted by Gasteiger charge is -2.13. The van der Waals surface area contributed by atoms with Crippen LogP contribution in [0.4, 0.5) is 19.0 Å². The highest BCUT2D eigenvalue weighted by atomic mass is 35.5. The van der Waals surface area contributed by atoms with Crippen LogP contribution < -0.4 is 11.3 Å². The van der Waals surface area contributed by atoms with Crippen LogP contribution in [0, 0.1) is 0 Å². The van der Waals surface area contributed by atoms with Crippen LogP contribution in [0.1, 0.15) is 26.3 Å². The van der Waals surface area contributed by atoms with Crippen molar-refractivity contribution < 1.29 is 33.0 Å². The quantitative estimate of drug-likeness (QED) is 0.440. The van der Waals surface area contributed by atoms with Crippen molar-refractivity contribution in [3.63, 3.8) is 0 Å². The lowest BCUT2D eigenvalue weighted by atomic mass is 9.94. The summed E-state index contributed by atoms with van der Waals surface area (Å²) in [4.78, 5) is 41.1. The molecule has 2 heterocycles. The van der Waals surface area contributed by atoms with Crippen molar-refractivity contribution in [1.29, 1.82) is 0 Å². The average Bonchev–Trinajstić information content (AvgIpc) is 2.65. The van der Waals surface area contributed by atoms with Crippen molar-refractivity contribution in [3.8, 4) is 22.4 Å². The number of carboxylic acids is 2. The van der Waals surface area contributed by atoms with Gasteiger partial charge in [-0.2, -0.15) is 13.2 Å². The van der Waals surface area contributed by atoms with Crippen LogP contribution in [0.25, 0.3) is 22.4 Å². The number of nitrogens with one attached hydrogen (secondary N) is 1. The van der Waals surface area contributed by atoms with E-state index in [0.29, 0.717) is 6.07 Å². The van der Waals surface area contributed by atoms with Crippen LogP contribution in [0.2, 0.25) is 5.15 Å². The van der Waals surface area contributed by atoms with E-state index >= 15 is 0 Å². The number of carboxylic acid groups (broad SMARTS) is 2. The predicted octanol–water partition coefficient (Wildman–Crippen LogP) is 3.75. The summed E-state index contributed by atoms with van der Waals surface area (Å²) in [5.41, 5.74) is 1.57. The molecular formula is C19H11ClF3N3O5. The Bertz CT molecular complexity index is 1270. The summed E-state index contributed by atoms with van der Waals surface area (Å²) in [7, 11) is 0. The van der Waals surface area contributed by atoms with Crippen molar-refractivity contribution in [3.05, 3.63) is 68.6 Å². The zero-order chi connectivity index (χ0) is 23.1. The molecule has 1 aromatic carbocycles. The molecule has 0 aliphatic rings. The van der Waals surface area contributed by atoms with Crippen molar-refractivity contribution >= 4 is 29.4 Å². The molecule has 0 unspecified atom stereocenters. The maximum atomic E-state index is 13.0. The summed E-state index contributed by atoms with van der Waals surface area (Å²) in [5, 5.41) is 18.4. The standard InChI is InChI=1S/C19H11ClF3N3O5/c20-11-6-9(19(21,22)23)5-10(25-11)7-1-3-8(4-2-7)12-13(17(28)29)15(24)26-16(27)14(12)18(30)31/h1-6H,(H,28,29)(H,30,31)(H3,24,26,27). The van der Waals surface area contributed by atoms with Crippen molar-refractivity contribution in [1.82, 2.24) is 9.97 Å². The van der Waals surface area contributed by atoms with Gasteiger partial charge in [-0.1, -0.05) is 35.9 Å². The minimum absolute atomic E-state index is 0.00516. The first-order chi connectivity index (χ1) is 14.4. The third-order valence-corrected chi connectivity index (χ3v) is 4.46. The van der Waals surface area contributed by atoms with Gasteiger partial charge in [-0.3, -0.25) is 4.79 Å². The number of nitrogen functional groups attached to an aromatic ring is 1. The molecule has 0 amide bonds. The molecule has 5 N–H and O–H groups in total. The topological polar surface area (TPSA) is 146 Å². The number of alkyl halides is 3. The highest BCUT2D eigenvalue weighted by Crippen LogP contribution is 2.34. The zero-order valence-corrected chi connectivity index (χ0v) is 15.9. The number of anilines is 1. The van der Waals surface area contributed by atoms with Gasteiger partial charge in [-0.25, -0.2) is 14.6 Å². The Hall–Kier alpha value is -3.86. The highest BCUT2D eigenvalue weighted by molar-refractivity contribution is 6.29. The van der Waals surface area contributed by atoms with Gasteiger partial charge in [0.15, 0.2) is 0 Å². The second-order valence-corrected chi connectivity index (χ2v) is 6.63. The van der Waals surface area contributed by atoms with Crippen LogP contribution in [0.5, 0.6) is 0 Å². The number of nitrogens with zero attached hydrogens (tertiary/aromatic N) is 1. The van der Waals surface area contributed by atoms with E-state index in [9.17, 15) is 37.8 Å². The second-order valence-electron chi connectivity index (χ2n) is 6.24. The van der Waals surface area contributed by atoms with E-state index in [1.54, 1.807) is 0 Å². The van der Waals surface area contributed by atoms with Crippen LogP contribution in [-0.2, 0) is 6.18 Å². The number of aromatic amines is 1. The first-order valence-electron chi connectivity index (χ1n) is 8.28. The monoisotopic (exact) mass is 453 g/mol. The summed E-state index contributed by atoms with van der Waals surface area (Å²) < 4.78 is 39.1. The number of rotatable bonds is 4. The summed E-state index contributed by atoms with van der Waals surface area (Å²) >= 11 is 5.69. The smallest absolute Gasteiger partial charge is 0.416 e. The van der Waals surface area contributed by atoms with Crippen LogP contribution in [0.15, 0.2) is 41.2 Å². The van der Waals surface area contributed by atoms with Crippen LogP contribution >= 0.6 is 11.6 Å². The molecule has 8 nitrogen and oxygen atoms in total. The Balaban J connectivity index is 2.20. The highest BCUT2D eigenvalue weighted by Gasteiger charge is 2.32. The Morgan fingerprint density at radius 3 is 2.06 bits per heavy atom. The normalized spacial score (nSPS) is 11.4. The fourth-order valence-electron chi connectivity index (χ4n) is 2.95. The van der Waals surface area contributed by atoms with Gasteiger partial charge in [-0.15, -0.1) is 0 Å². The minimum atomic E-state index is -4.66. The molecule has 12 heteroatoms. The van der Waals surface area contributed by atoms with Gasteiger partial charge in [0.2, 0.25) is 0 Å². The van der Waals surface area contributed by atoms with E-state index in [1.165, 1.54) is 24.3 Å². The van der Waals surface area contributed by atoms with E-state index < -0.39 is 56.9 Å². The van der Waals surface area contributed by atoms with E-state index in [-0.39, 0.29) is 16.8 Å². The number of benzene rings is 1. The number of halogens is 4. The summed E-state index contributed by atoms with van der Waals surface area (Å²) in [6, 6.07) is 6.47. The maximum Gasteiger partial charge on any atom is 0.416 e. The number of H-pyrrole nitrogens is 1. The largest absolute Gasteiger partial charge is 0.478 e. The van der Waals surface area contributed by atoms with Crippen molar-refractivity contribution in [2.24, 2.45) is 0 Å². The van der Waals surface area contributed by atoms with Gasteiger partial charge in [0.1, 0.15) is 22.1 Å². The molecule has 160 valence electrons. The van der Waals surface area contributed by atoms with Gasteiger partial charge in [0.05, 0.1) is 11.3 Å². The maximum absolute atomic E-state index is 13.0. The molecule has 0 fully saturated rings. The van der Waals surface area contributed by atoms with Crippen molar-refractivity contribution in [2.45, 2.75) is 6.18 Å². The number of pyridine rings is 2. The molecule has 3 aromatic rings. The number of hydrogen-bond acceptors (Lipinski definition) is 5. The first-order valence-corrected chi connectivity index (χ1v) is 8.66. The molecule has 0 aliphatic heterocycles. The molecule has 0 saturated heterocycles. The summed E-state index contributed by atoms with van der Waals surface area (Å²) in [5.74, 6) is -3.82. The van der Waals surface area contributed by atoms with Gasteiger partial charge >= 0.3 is 18.1 Å². The van der Waals surface area contributed by atoms with Gasteiger partial charge in [0.25, 0.3) is 5.56 Å². The van der Waals surface area contributed by atoms with E-state index in [4.69, 9.17) is 17.3 Å². The van der Waals surface area contributed by atoms with Crippen LogP contribution in [-0.4, -0.2) is 32.1 Å². The number of hydrogen-bond donors (Lipinski definition) is 4. The number of nitrogens with two attached hydrogens (primary N) is 1. The molecule has 0 aliphatic carbocycles. The number of aromatic nitrogens is 2. The molecule has 0 saturated carbocycles. The number of aromatic carboxylic acids is 2. The number of carbonyl (C=O) groups is 2. The van der Waals surface area contributed by atoms with Crippen LogP contribution in [0.3, 0.4) is 0 Å². The van der Waals surface area contributed by atoms with E-state index in [1.807, 2.05) is 4.98 Å². The lowest BCUT2D eigenvalue weighted by molar-refractivity contribution is -0.137. The minimum Gasteiger partial charge on any atom is -0.478 e. The third-order valence-electron chi connectivity index (χ3n) is 4.26. The first kappa shape index (κ1) is 21.8. The molecule has 2 aromatic heterocycles. The molecule has 0 radical (unpaired) electrons. The van der Waals surface area contributed by atoms with E-state index in [2.05, 4.69) is 4.98 Å². The molecule has 0 spiro atoms.